The van der Waals surface area contributed by atoms with Gasteiger partial charge < -0.3 is 10.1 Å². The second-order valence-electron chi connectivity index (χ2n) is 4.65. The molecular formula is C14H21N3O2. The summed E-state index contributed by atoms with van der Waals surface area (Å²) in [5, 5.41) is 7.01. The molecule has 1 aliphatic carbocycles. The molecule has 0 unspecified atom stereocenters. The minimum atomic E-state index is 0.147. The van der Waals surface area contributed by atoms with Crippen LogP contribution in [-0.2, 0) is 16.1 Å². The summed E-state index contributed by atoms with van der Waals surface area (Å²) in [6.07, 6.45) is 10.7. The molecule has 0 aliphatic heterocycles. The summed E-state index contributed by atoms with van der Waals surface area (Å²) in [5.41, 5.74) is 0. The molecule has 0 aromatic carbocycles. The Labute approximate surface area is 113 Å². The molecule has 1 aromatic heterocycles. The number of nitrogens with one attached hydrogen (secondary N) is 1. The SMILES string of the molecule is O=C(NCCOCCn1cccn1)[C@H]1CC=CCC1. The van der Waals surface area contributed by atoms with Gasteiger partial charge in [0.15, 0.2) is 0 Å². The number of carbonyl (C=O) groups excluding carboxylic acids is 1. The molecule has 0 radical (unpaired) electrons. The highest BCUT2D eigenvalue weighted by molar-refractivity contribution is 5.78. The maximum absolute atomic E-state index is 11.8. The Balaban J connectivity index is 1.49. The number of hydrogen-bond acceptors (Lipinski definition) is 3. The Morgan fingerprint density at radius 2 is 2.37 bits per heavy atom. The molecule has 0 spiro atoms. The molecule has 0 bridgehead atoms. The van der Waals surface area contributed by atoms with Gasteiger partial charge in [-0.15, -0.1) is 0 Å². The molecule has 19 heavy (non-hydrogen) atoms. The van der Waals surface area contributed by atoms with Crippen LogP contribution in [0.5, 0.6) is 0 Å². The first-order valence-corrected chi connectivity index (χ1v) is 6.84. The summed E-state index contributed by atoms with van der Waals surface area (Å²) >= 11 is 0. The molecule has 2 rings (SSSR count). The van der Waals surface area contributed by atoms with Crippen LogP contribution in [0.3, 0.4) is 0 Å². The molecular weight excluding hydrogens is 242 g/mol. The Kier molecular flexibility index (Phi) is 5.62. The highest BCUT2D eigenvalue weighted by Crippen LogP contribution is 2.17. The Morgan fingerprint density at radius 1 is 1.42 bits per heavy atom. The molecule has 0 saturated heterocycles. The molecule has 1 atom stereocenters. The largest absolute Gasteiger partial charge is 0.378 e. The van der Waals surface area contributed by atoms with Crippen molar-refractivity contribution in [3.63, 3.8) is 0 Å². The van der Waals surface area contributed by atoms with Crippen LogP contribution in [0.25, 0.3) is 0 Å². The van der Waals surface area contributed by atoms with Crippen molar-refractivity contribution >= 4 is 5.91 Å². The minimum absolute atomic E-state index is 0.147. The third kappa shape index (κ3) is 4.87. The van der Waals surface area contributed by atoms with Crippen molar-refractivity contribution in [1.29, 1.82) is 0 Å². The van der Waals surface area contributed by atoms with Crippen LogP contribution in [0.15, 0.2) is 30.6 Å². The van der Waals surface area contributed by atoms with Crippen LogP contribution in [0.1, 0.15) is 19.3 Å². The zero-order valence-corrected chi connectivity index (χ0v) is 11.1. The first-order chi connectivity index (χ1) is 9.36. The molecule has 1 aromatic rings. The third-order valence-corrected chi connectivity index (χ3v) is 3.21. The number of nitrogens with zero attached hydrogens (tertiary/aromatic N) is 2. The summed E-state index contributed by atoms with van der Waals surface area (Å²) in [5.74, 6) is 0.300. The van der Waals surface area contributed by atoms with Gasteiger partial charge in [0.25, 0.3) is 0 Å². The smallest absolute Gasteiger partial charge is 0.223 e. The Morgan fingerprint density at radius 3 is 3.11 bits per heavy atom. The predicted molar refractivity (Wildman–Crippen MR) is 72.5 cm³/mol. The normalized spacial score (nSPS) is 18.4. The standard InChI is InChI=1S/C14H21N3O2/c18-14(13-5-2-1-3-6-13)15-8-11-19-12-10-17-9-4-7-16-17/h1-2,4,7,9,13H,3,5-6,8,10-12H2,(H,15,18)/t13-/m0/s1. The van der Waals surface area contributed by atoms with Crippen LogP contribution >= 0.6 is 0 Å². The van der Waals surface area contributed by atoms with E-state index in [1.807, 2.05) is 16.9 Å². The quantitative estimate of drug-likeness (QED) is 0.597. The van der Waals surface area contributed by atoms with E-state index in [9.17, 15) is 4.79 Å². The number of allylic oxidation sites excluding steroid dienone is 2. The lowest BCUT2D eigenvalue weighted by Gasteiger charge is -2.17. The lowest BCUT2D eigenvalue weighted by molar-refractivity contribution is -0.125. The minimum Gasteiger partial charge on any atom is -0.378 e. The molecule has 5 nitrogen and oxygen atoms in total. The van der Waals surface area contributed by atoms with E-state index in [-0.39, 0.29) is 11.8 Å². The molecule has 0 saturated carbocycles. The molecule has 1 amide bonds. The monoisotopic (exact) mass is 263 g/mol. The molecule has 104 valence electrons. The summed E-state index contributed by atoms with van der Waals surface area (Å²) in [6.45, 7) is 2.49. The van der Waals surface area contributed by atoms with Crippen molar-refractivity contribution in [1.82, 2.24) is 15.1 Å². The number of carbonyl (C=O) groups is 1. The van der Waals surface area contributed by atoms with Crippen LogP contribution < -0.4 is 5.32 Å². The summed E-state index contributed by atoms with van der Waals surface area (Å²) < 4.78 is 7.28. The Hall–Kier alpha value is -1.62. The number of hydrogen-bond donors (Lipinski definition) is 1. The van der Waals surface area contributed by atoms with Gasteiger partial charge in [-0.25, -0.2) is 0 Å². The van der Waals surface area contributed by atoms with Crippen LogP contribution in [-0.4, -0.2) is 35.4 Å². The highest BCUT2D eigenvalue weighted by Gasteiger charge is 2.17. The fourth-order valence-electron chi connectivity index (χ4n) is 2.12. The number of ether oxygens (including phenoxy) is 1. The molecule has 1 heterocycles. The van der Waals surface area contributed by atoms with Gasteiger partial charge in [-0.3, -0.25) is 9.48 Å². The van der Waals surface area contributed by atoms with Gasteiger partial charge >= 0.3 is 0 Å². The van der Waals surface area contributed by atoms with Gasteiger partial charge in [0.05, 0.1) is 19.8 Å². The van der Waals surface area contributed by atoms with E-state index in [0.29, 0.717) is 19.8 Å². The fraction of sp³-hybridized carbons (Fsp3) is 0.571. The van der Waals surface area contributed by atoms with Crippen molar-refractivity contribution in [2.75, 3.05) is 19.8 Å². The first-order valence-electron chi connectivity index (χ1n) is 6.84. The van der Waals surface area contributed by atoms with Crippen LogP contribution in [0, 0.1) is 5.92 Å². The second-order valence-corrected chi connectivity index (χ2v) is 4.65. The summed E-state index contributed by atoms with van der Waals surface area (Å²) in [7, 11) is 0. The van der Waals surface area contributed by atoms with Crippen molar-refractivity contribution < 1.29 is 9.53 Å². The Bertz CT molecular complexity index is 401. The van der Waals surface area contributed by atoms with Crippen LogP contribution in [0.4, 0.5) is 0 Å². The van der Waals surface area contributed by atoms with Crippen molar-refractivity contribution in [3.05, 3.63) is 30.6 Å². The maximum atomic E-state index is 11.8. The first kappa shape index (κ1) is 13.8. The number of amides is 1. The number of rotatable bonds is 7. The van der Waals surface area contributed by atoms with Crippen molar-refractivity contribution in [3.8, 4) is 0 Å². The van der Waals surface area contributed by atoms with E-state index >= 15 is 0 Å². The lowest BCUT2D eigenvalue weighted by Crippen LogP contribution is -2.33. The van der Waals surface area contributed by atoms with Crippen molar-refractivity contribution in [2.45, 2.75) is 25.8 Å². The average molecular weight is 263 g/mol. The second kappa shape index (κ2) is 7.74. The van der Waals surface area contributed by atoms with E-state index in [0.717, 1.165) is 25.8 Å². The van der Waals surface area contributed by atoms with Gasteiger partial charge in [-0.2, -0.15) is 5.10 Å². The maximum Gasteiger partial charge on any atom is 0.223 e. The fourth-order valence-corrected chi connectivity index (χ4v) is 2.12. The number of aromatic nitrogens is 2. The molecule has 0 fully saturated rings. The van der Waals surface area contributed by atoms with Crippen molar-refractivity contribution in [2.24, 2.45) is 5.92 Å². The van der Waals surface area contributed by atoms with Gasteiger partial charge in [-0.1, -0.05) is 12.2 Å². The van der Waals surface area contributed by atoms with Gasteiger partial charge in [0.2, 0.25) is 5.91 Å². The van der Waals surface area contributed by atoms with Gasteiger partial charge in [0.1, 0.15) is 0 Å². The van der Waals surface area contributed by atoms with E-state index in [1.165, 1.54) is 0 Å². The molecule has 1 N–H and O–H groups in total. The highest BCUT2D eigenvalue weighted by atomic mass is 16.5. The van der Waals surface area contributed by atoms with Gasteiger partial charge in [0, 0.05) is 24.9 Å². The van der Waals surface area contributed by atoms with Crippen LogP contribution in [0.2, 0.25) is 0 Å². The lowest BCUT2D eigenvalue weighted by atomic mass is 9.94. The molecule has 5 heteroatoms. The van der Waals surface area contributed by atoms with E-state index < -0.39 is 0 Å². The zero-order chi connectivity index (χ0) is 13.3. The van der Waals surface area contributed by atoms with Gasteiger partial charge in [-0.05, 0) is 25.3 Å². The molecule has 1 aliphatic rings. The average Bonchev–Trinajstić information content (AvgIpc) is 2.96. The van der Waals surface area contributed by atoms with E-state index in [1.54, 1.807) is 6.20 Å². The summed E-state index contributed by atoms with van der Waals surface area (Å²) in [6, 6.07) is 1.89. The topological polar surface area (TPSA) is 56.1 Å². The summed E-state index contributed by atoms with van der Waals surface area (Å²) in [4.78, 5) is 11.8. The predicted octanol–water partition coefficient (Wildman–Crippen LogP) is 1.37. The van der Waals surface area contributed by atoms with E-state index in [2.05, 4.69) is 22.6 Å². The zero-order valence-electron chi connectivity index (χ0n) is 11.1. The third-order valence-electron chi connectivity index (χ3n) is 3.21. The van der Waals surface area contributed by atoms with E-state index in [4.69, 9.17) is 4.74 Å².